The van der Waals surface area contributed by atoms with Gasteiger partial charge in [0.15, 0.2) is 0 Å². The van der Waals surface area contributed by atoms with Crippen molar-refractivity contribution < 1.29 is 18.6 Å². The molecule has 0 spiro atoms. The first kappa shape index (κ1) is 19.5. The summed E-state index contributed by atoms with van der Waals surface area (Å²) in [7, 11) is -3.82. The van der Waals surface area contributed by atoms with Gasteiger partial charge in [-0.15, -0.1) is 0 Å². The maximum atomic E-state index is 13.7. The predicted molar refractivity (Wildman–Crippen MR) is 105 cm³/mol. The third-order valence-corrected chi connectivity index (χ3v) is 8.32. The molecule has 150 valence electrons. The highest BCUT2D eigenvalue weighted by Gasteiger charge is 2.59. The lowest BCUT2D eigenvalue weighted by atomic mass is 9.74. The number of fused-ring (bicyclic) bond motifs is 1. The summed E-state index contributed by atoms with van der Waals surface area (Å²) < 4.78 is 28.9. The molecule has 1 aromatic carbocycles. The van der Waals surface area contributed by atoms with Crippen molar-refractivity contribution in [2.45, 2.75) is 61.8 Å². The van der Waals surface area contributed by atoms with E-state index in [2.05, 4.69) is 4.98 Å². The van der Waals surface area contributed by atoms with Crippen LogP contribution in [0.4, 0.5) is 0 Å². The first-order valence-electron chi connectivity index (χ1n) is 9.70. The molecule has 2 aromatic rings. The maximum absolute atomic E-state index is 13.7. The lowest BCUT2D eigenvalue weighted by Crippen LogP contribution is -2.48. The van der Waals surface area contributed by atoms with Crippen LogP contribution in [0.3, 0.4) is 0 Å². The van der Waals surface area contributed by atoms with Crippen LogP contribution in [0.1, 0.15) is 44.2 Å². The van der Waals surface area contributed by atoms with Gasteiger partial charge >= 0.3 is 0 Å². The molecule has 1 aliphatic heterocycles. The van der Waals surface area contributed by atoms with Gasteiger partial charge in [-0.2, -0.15) is 4.31 Å². The molecule has 28 heavy (non-hydrogen) atoms. The van der Waals surface area contributed by atoms with Crippen molar-refractivity contribution in [3.8, 4) is 0 Å². The second-order valence-corrected chi connectivity index (χ2v) is 9.96. The van der Waals surface area contributed by atoms with Gasteiger partial charge in [-0.3, -0.25) is 4.98 Å². The second-order valence-electron chi connectivity index (χ2n) is 8.12. The van der Waals surface area contributed by atoms with E-state index in [1.165, 1.54) is 6.20 Å². The van der Waals surface area contributed by atoms with E-state index in [0.717, 1.165) is 5.56 Å². The van der Waals surface area contributed by atoms with Crippen LogP contribution in [0.5, 0.6) is 0 Å². The zero-order chi connectivity index (χ0) is 19.9. The van der Waals surface area contributed by atoms with Crippen molar-refractivity contribution in [3.05, 3.63) is 60.4 Å². The molecule has 0 bridgehead atoms. The molecule has 5 atom stereocenters. The largest absolute Gasteiger partial charge is 0.390 e. The molecule has 0 unspecified atom stereocenters. The zero-order valence-corrected chi connectivity index (χ0v) is 16.7. The summed E-state index contributed by atoms with van der Waals surface area (Å²) in [5.74, 6) is 0. The fourth-order valence-corrected chi connectivity index (χ4v) is 6.84. The number of rotatable bonds is 3. The quantitative estimate of drug-likeness (QED) is 0.823. The average molecular weight is 403 g/mol. The smallest absolute Gasteiger partial charge is 0.245 e. The normalized spacial score (nSPS) is 34.0. The summed E-state index contributed by atoms with van der Waals surface area (Å²) in [6.45, 7) is 1.91. The summed E-state index contributed by atoms with van der Waals surface area (Å²) in [5, 5.41) is 21.3. The van der Waals surface area contributed by atoms with Crippen molar-refractivity contribution in [2.24, 2.45) is 5.41 Å². The summed E-state index contributed by atoms with van der Waals surface area (Å²) >= 11 is 0. The first-order valence-corrected chi connectivity index (χ1v) is 11.1. The molecule has 1 aromatic heterocycles. The molecule has 4 rings (SSSR count). The number of pyridine rings is 1. The van der Waals surface area contributed by atoms with Gasteiger partial charge in [-0.25, -0.2) is 8.42 Å². The third-order valence-electron chi connectivity index (χ3n) is 6.42. The molecule has 7 heteroatoms. The van der Waals surface area contributed by atoms with Crippen LogP contribution >= 0.6 is 0 Å². The average Bonchev–Trinajstić information content (AvgIpc) is 2.98. The van der Waals surface area contributed by atoms with Crippen LogP contribution in [0.15, 0.2) is 59.8 Å². The fourth-order valence-electron chi connectivity index (χ4n) is 4.94. The maximum Gasteiger partial charge on any atom is 0.245 e. The summed E-state index contributed by atoms with van der Waals surface area (Å²) in [5.41, 5.74) is 0.164. The zero-order valence-electron chi connectivity index (χ0n) is 15.8. The molecule has 2 fully saturated rings. The third kappa shape index (κ3) is 3.06. The molecule has 1 aliphatic carbocycles. The number of hydrogen-bond donors (Lipinski definition) is 2. The Balaban J connectivity index is 1.86. The van der Waals surface area contributed by atoms with E-state index in [4.69, 9.17) is 0 Å². The molecule has 2 aliphatic rings. The Labute approximate surface area is 165 Å². The highest BCUT2D eigenvalue weighted by molar-refractivity contribution is 7.89. The van der Waals surface area contributed by atoms with Crippen molar-refractivity contribution in [3.63, 3.8) is 0 Å². The Kier molecular flexibility index (Phi) is 5.03. The monoisotopic (exact) mass is 402 g/mol. The topological polar surface area (TPSA) is 90.7 Å². The summed E-state index contributed by atoms with van der Waals surface area (Å²) in [4.78, 5) is 4.14. The number of aliphatic hydroxyl groups excluding tert-OH is 2. The van der Waals surface area contributed by atoms with E-state index in [0.29, 0.717) is 25.7 Å². The van der Waals surface area contributed by atoms with Crippen LogP contribution in [0, 0.1) is 5.41 Å². The van der Waals surface area contributed by atoms with Gasteiger partial charge in [-0.05, 0) is 43.4 Å². The molecule has 0 amide bonds. The van der Waals surface area contributed by atoms with Gasteiger partial charge in [0.2, 0.25) is 10.0 Å². The van der Waals surface area contributed by atoms with Gasteiger partial charge in [0, 0.05) is 23.9 Å². The minimum atomic E-state index is -3.82. The van der Waals surface area contributed by atoms with Gasteiger partial charge in [0.05, 0.1) is 18.2 Å². The molecule has 1 saturated carbocycles. The van der Waals surface area contributed by atoms with Crippen molar-refractivity contribution in [2.75, 3.05) is 0 Å². The second kappa shape index (κ2) is 7.22. The SMILES string of the molecule is C[C@@]12C[C@H](c3ccccc3)N(S(=O)(=O)c3cccnc3)[C@@H]1CCC[C@H](O)[C@@H]2O. The van der Waals surface area contributed by atoms with E-state index >= 15 is 0 Å². The first-order chi connectivity index (χ1) is 13.4. The Morgan fingerprint density at radius 2 is 1.86 bits per heavy atom. The van der Waals surface area contributed by atoms with Gasteiger partial charge in [0.25, 0.3) is 0 Å². The highest BCUT2D eigenvalue weighted by atomic mass is 32.2. The summed E-state index contributed by atoms with van der Waals surface area (Å²) in [6.07, 6.45) is 3.31. The minimum absolute atomic E-state index is 0.152. The highest BCUT2D eigenvalue weighted by Crippen LogP contribution is 2.55. The van der Waals surface area contributed by atoms with Gasteiger partial charge in [-0.1, -0.05) is 37.3 Å². The van der Waals surface area contributed by atoms with Gasteiger partial charge in [0.1, 0.15) is 4.90 Å². The van der Waals surface area contributed by atoms with E-state index in [9.17, 15) is 18.6 Å². The van der Waals surface area contributed by atoms with Crippen LogP contribution in [0.2, 0.25) is 0 Å². The molecule has 0 radical (unpaired) electrons. The molecular formula is C21H26N2O4S. The molecule has 2 N–H and O–H groups in total. The van der Waals surface area contributed by atoms with Crippen molar-refractivity contribution in [1.82, 2.24) is 9.29 Å². The molecule has 2 heterocycles. The Morgan fingerprint density at radius 3 is 2.54 bits per heavy atom. The lowest BCUT2D eigenvalue weighted by molar-refractivity contribution is -0.0594. The Hall–Kier alpha value is -1.80. The van der Waals surface area contributed by atoms with Crippen molar-refractivity contribution >= 4 is 10.0 Å². The number of hydrogen-bond acceptors (Lipinski definition) is 5. The fraction of sp³-hybridized carbons (Fsp3) is 0.476. The number of sulfonamides is 1. The Bertz CT molecular complexity index is 922. The van der Waals surface area contributed by atoms with Crippen molar-refractivity contribution in [1.29, 1.82) is 0 Å². The van der Waals surface area contributed by atoms with E-state index < -0.39 is 39.7 Å². The number of benzene rings is 1. The minimum Gasteiger partial charge on any atom is -0.390 e. The van der Waals surface area contributed by atoms with E-state index in [1.54, 1.807) is 22.6 Å². The van der Waals surface area contributed by atoms with Crippen LogP contribution in [-0.2, 0) is 10.0 Å². The number of nitrogens with zero attached hydrogens (tertiary/aromatic N) is 2. The van der Waals surface area contributed by atoms with Crippen LogP contribution in [-0.4, -0.2) is 46.2 Å². The van der Waals surface area contributed by atoms with Crippen LogP contribution < -0.4 is 0 Å². The lowest BCUT2D eigenvalue weighted by Gasteiger charge is -2.37. The molecular weight excluding hydrogens is 376 g/mol. The standard InChI is InChI=1S/C21H26N2O4S/c1-21-13-17(15-7-3-2-4-8-15)23(19(21)11-5-10-18(24)20(21)25)28(26,27)16-9-6-12-22-14-16/h2-4,6-9,12,14,17-20,24-25H,5,10-11,13H2,1H3/t17-,18+,19-,20+,21-/m1/s1. The van der Waals surface area contributed by atoms with Gasteiger partial charge < -0.3 is 10.2 Å². The number of aromatic nitrogens is 1. The van der Waals surface area contributed by atoms with Crippen LogP contribution in [0.25, 0.3) is 0 Å². The van der Waals surface area contributed by atoms with E-state index in [-0.39, 0.29) is 4.90 Å². The van der Waals surface area contributed by atoms with E-state index in [1.807, 2.05) is 37.3 Å². The molecule has 1 saturated heterocycles. The summed E-state index contributed by atoms with van der Waals surface area (Å²) in [6, 6.07) is 11.9. The Morgan fingerprint density at radius 1 is 1.11 bits per heavy atom. The molecule has 6 nitrogen and oxygen atoms in total. The number of aliphatic hydroxyl groups is 2. The predicted octanol–water partition coefficient (Wildman–Crippen LogP) is 2.50.